The van der Waals surface area contributed by atoms with Gasteiger partial charge in [-0.3, -0.25) is 4.79 Å². The summed E-state index contributed by atoms with van der Waals surface area (Å²) in [5, 5.41) is 2.36. The van der Waals surface area contributed by atoms with Gasteiger partial charge in [-0.25, -0.2) is 9.78 Å². The van der Waals surface area contributed by atoms with Gasteiger partial charge in [0, 0.05) is 25.5 Å². The maximum atomic E-state index is 13.0. The SMILES string of the molecule is CCOc1ccc2ccccc2c1C(=O)Oc1coc(CSc2nccn2C)cc1=O. The number of hydrogen-bond acceptors (Lipinski definition) is 7. The van der Waals surface area contributed by atoms with Crippen molar-refractivity contribution in [2.24, 2.45) is 7.05 Å². The lowest BCUT2D eigenvalue weighted by molar-refractivity contribution is 0.0726. The minimum absolute atomic E-state index is 0.175. The molecule has 0 radical (unpaired) electrons. The normalized spacial score (nSPS) is 10.9. The van der Waals surface area contributed by atoms with E-state index >= 15 is 0 Å². The summed E-state index contributed by atoms with van der Waals surface area (Å²) in [6, 6.07) is 12.3. The molecule has 158 valence electrons. The summed E-state index contributed by atoms with van der Waals surface area (Å²) < 4.78 is 18.4. The summed E-state index contributed by atoms with van der Waals surface area (Å²) in [4.78, 5) is 29.7. The maximum Gasteiger partial charge on any atom is 0.348 e. The van der Waals surface area contributed by atoms with Crippen LogP contribution in [-0.2, 0) is 12.8 Å². The third-order valence-electron chi connectivity index (χ3n) is 4.57. The van der Waals surface area contributed by atoms with Crippen LogP contribution in [0, 0.1) is 0 Å². The van der Waals surface area contributed by atoms with Crippen molar-refractivity contribution >= 4 is 28.5 Å². The van der Waals surface area contributed by atoms with Gasteiger partial charge in [-0.05, 0) is 23.8 Å². The van der Waals surface area contributed by atoms with Crippen LogP contribution in [0.4, 0.5) is 0 Å². The molecule has 0 bridgehead atoms. The Balaban J connectivity index is 1.57. The largest absolute Gasteiger partial charge is 0.493 e. The Bertz CT molecular complexity index is 1290. The van der Waals surface area contributed by atoms with Crippen molar-refractivity contribution in [1.29, 1.82) is 0 Å². The lowest BCUT2D eigenvalue weighted by Gasteiger charge is -2.12. The molecule has 7 nitrogen and oxygen atoms in total. The molecule has 2 aromatic carbocycles. The second-order valence-corrected chi connectivity index (χ2v) is 7.61. The van der Waals surface area contributed by atoms with Crippen molar-refractivity contribution in [2.45, 2.75) is 17.8 Å². The molecule has 0 aliphatic rings. The van der Waals surface area contributed by atoms with Gasteiger partial charge >= 0.3 is 5.97 Å². The molecule has 31 heavy (non-hydrogen) atoms. The highest BCUT2D eigenvalue weighted by atomic mass is 32.2. The van der Waals surface area contributed by atoms with Crippen molar-refractivity contribution in [3.8, 4) is 11.5 Å². The first-order valence-corrected chi connectivity index (χ1v) is 10.6. The third kappa shape index (κ3) is 4.49. The number of ether oxygens (including phenoxy) is 2. The van der Waals surface area contributed by atoms with Crippen molar-refractivity contribution in [1.82, 2.24) is 9.55 Å². The molecule has 2 aromatic heterocycles. The molecule has 0 amide bonds. The molecule has 0 spiro atoms. The van der Waals surface area contributed by atoms with E-state index in [9.17, 15) is 9.59 Å². The number of thioether (sulfide) groups is 1. The highest BCUT2D eigenvalue weighted by Gasteiger charge is 2.20. The van der Waals surface area contributed by atoms with E-state index in [0.717, 1.165) is 10.5 Å². The summed E-state index contributed by atoms with van der Waals surface area (Å²) >= 11 is 1.44. The van der Waals surface area contributed by atoms with E-state index in [1.165, 1.54) is 24.1 Å². The number of fused-ring (bicyclic) bond motifs is 1. The average molecular weight is 436 g/mol. The average Bonchev–Trinajstić information content (AvgIpc) is 3.18. The lowest BCUT2D eigenvalue weighted by atomic mass is 10.0. The number of benzene rings is 2. The third-order valence-corrected chi connectivity index (χ3v) is 5.65. The Morgan fingerprint density at radius 2 is 2.03 bits per heavy atom. The summed E-state index contributed by atoms with van der Waals surface area (Å²) in [5.74, 6) is 0.428. The Morgan fingerprint density at radius 1 is 1.19 bits per heavy atom. The van der Waals surface area contributed by atoms with Gasteiger partial charge in [-0.1, -0.05) is 42.1 Å². The summed E-state index contributed by atoms with van der Waals surface area (Å²) in [7, 11) is 1.89. The monoisotopic (exact) mass is 436 g/mol. The van der Waals surface area contributed by atoms with Gasteiger partial charge < -0.3 is 18.5 Å². The molecule has 0 saturated carbocycles. The number of hydrogen-bond donors (Lipinski definition) is 0. The van der Waals surface area contributed by atoms with Crippen LogP contribution in [0.3, 0.4) is 0 Å². The molecule has 4 rings (SSSR count). The minimum Gasteiger partial charge on any atom is -0.493 e. The van der Waals surface area contributed by atoms with E-state index in [1.54, 1.807) is 12.3 Å². The molecule has 4 aromatic rings. The minimum atomic E-state index is -0.678. The molecule has 0 atom stereocenters. The predicted octanol–water partition coefficient (Wildman–Crippen LogP) is 4.44. The zero-order valence-corrected chi connectivity index (χ0v) is 17.8. The van der Waals surface area contributed by atoms with Crippen LogP contribution in [0.25, 0.3) is 10.8 Å². The van der Waals surface area contributed by atoms with Crippen LogP contribution < -0.4 is 14.9 Å². The number of carbonyl (C=O) groups is 1. The fourth-order valence-corrected chi connectivity index (χ4v) is 3.93. The van der Waals surface area contributed by atoms with Crippen LogP contribution in [0.2, 0.25) is 0 Å². The highest BCUT2D eigenvalue weighted by Crippen LogP contribution is 2.29. The van der Waals surface area contributed by atoms with Crippen LogP contribution in [0.15, 0.2) is 75.5 Å². The van der Waals surface area contributed by atoms with Gasteiger partial charge in [0.25, 0.3) is 0 Å². The molecular weight excluding hydrogens is 416 g/mol. The first kappa shape index (κ1) is 20.7. The summed E-state index contributed by atoms with van der Waals surface area (Å²) in [5.41, 5.74) is -0.165. The molecule has 0 aliphatic carbocycles. The fourth-order valence-electron chi connectivity index (χ4n) is 3.10. The molecule has 2 heterocycles. The zero-order chi connectivity index (χ0) is 21.8. The van der Waals surface area contributed by atoms with E-state index in [1.807, 2.05) is 55.1 Å². The fraction of sp³-hybridized carbons (Fsp3) is 0.174. The molecular formula is C23H20N2O5S. The Labute approximate surface area is 182 Å². The van der Waals surface area contributed by atoms with E-state index in [0.29, 0.717) is 29.3 Å². The second-order valence-electron chi connectivity index (χ2n) is 6.67. The molecule has 0 aliphatic heterocycles. The maximum absolute atomic E-state index is 13.0. The van der Waals surface area contributed by atoms with E-state index < -0.39 is 11.4 Å². The number of rotatable bonds is 7. The second kappa shape index (κ2) is 9.09. The number of carbonyl (C=O) groups excluding carboxylic acids is 1. The van der Waals surface area contributed by atoms with E-state index in [2.05, 4.69) is 4.98 Å². The van der Waals surface area contributed by atoms with Gasteiger partial charge in [-0.2, -0.15) is 0 Å². The summed E-state index contributed by atoms with van der Waals surface area (Å²) in [6.07, 6.45) is 4.70. The van der Waals surface area contributed by atoms with E-state index in [4.69, 9.17) is 13.9 Å². The first-order valence-electron chi connectivity index (χ1n) is 9.65. The molecule has 0 N–H and O–H groups in total. The van der Waals surface area contributed by atoms with Crippen LogP contribution >= 0.6 is 11.8 Å². The number of imidazole rings is 1. The van der Waals surface area contributed by atoms with Crippen LogP contribution in [0.5, 0.6) is 11.5 Å². The number of nitrogens with zero attached hydrogens (tertiary/aromatic N) is 2. The van der Waals surface area contributed by atoms with Gasteiger partial charge in [0.1, 0.15) is 23.3 Å². The topological polar surface area (TPSA) is 83.6 Å². The van der Waals surface area contributed by atoms with Crippen molar-refractivity contribution in [2.75, 3.05) is 6.61 Å². The molecule has 0 fully saturated rings. The first-order chi connectivity index (χ1) is 15.1. The Hall–Kier alpha value is -3.52. The smallest absolute Gasteiger partial charge is 0.348 e. The molecule has 0 saturated heterocycles. The van der Waals surface area contributed by atoms with E-state index in [-0.39, 0.29) is 11.3 Å². The Kier molecular flexibility index (Phi) is 6.08. The molecule has 0 unspecified atom stereocenters. The van der Waals surface area contributed by atoms with Gasteiger partial charge in [0.05, 0.1) is 12.4 Å². The van der Waals surface area contributed by atoms with Gasteiger partial charge in [-0.15, -0.1) is 0 Å². The van der Waals surface area contributed by atoms with Gasteiger partial charge in [0.15, 0.2) is 5.16 Å². The van der Waals surface area contributed by atoms with Gasteiger partial charge in [0.2, 0.25) is 11.2 Å². The van der Waals surface area contributed by atoms with Crippen molar-refractivity contribution < 1.29 is 18.7 Å². The van der Waals surface area contributed by atoms with Crippen LogP contribution in [0.1, 0.15) is 23.0 Å². The Morgan fingerprint density at radius 3 is 2.77 bits per heavy atom. The van der Waals surface area contributed by atoms with Crippen molar-refractivity contribution in [3.63, 3.8) is 0 Å². The molecule has 8 heteroatoms. The number of aryl methyl sites for hydroxylation is 1. The van der Waals surface area contributed by atoms with Crippen LogP contribution in [-0.4, -0.2) is 22.1 Å². The number of esters is 1. The zero-order valence-electron chi connectivity index (χ0n) is 17.0. The number of aromatic nitrogens is 2. The predicted molar refractivity (Wildman–Crippen MR) is 118 cm³/mol. The highest BCUT2D eigenvalue weighted by molar-refractivity contribution is 7.98. The summed E-state index contributed by atoms with van der Waals surface area (Å²) in [6.45, 7) is 2.23. The lowest BCUT2D eigenvalue weighted by Crippen LogP contribution is -2.16. The standard InChI is InChI=1S/C23H20N2O5S/c1-3-28-19-9-8-15-6-4-5-7-17(15)21(19)22(27)30-20-13-29-16(12-18(20)26)14-31-23-24-10-11-25(23)2/h4-13H,3,14H2,1-2H3. The van der Waals surface area contributed by atoms with Crippen molar-refractivity contribution in [3.05, 3.63) is 82.7 Å². The quantitative estimate of drug-likeness (QED) is 0.313.